The third-order valence-electron chi connectivity index (χ3n) is 12.0. The molecule has 0 spiro atoms. The first kappa shape index (κ1) is 41.8. The molecular formula is C49H55IrN2O3-. The van der Waals surface area contributed by atoms with Crippen molar-refractivity contribution in [1.29, 1.82) is 0 Å². The van der Waals surface area contributed by atoms with Gasteiger partial charge in [-0.05, 0) is 67.2 Å². The number of aryl methyl sites for hydroxylation is 1. The first-order chi connectivity index (χ1) is 26.0. The van der Waals surface area contributed by atoms with Gasteiger partial charge in [-0.15, -0.1) is 23.6 Å². The smallest absolute Gasteiger partial charge is 0.164 e. The van der Waals surface area contributed by atoms with E-state index in [2.05, 4.69) is 91.8 Å². The third-order valence-corrected chi connectivity index (χ3v) is 12.0. The molecule has 0 bridgehead atoms. The number of ketones is 1. The molecule has 7 rings (SSSR count). The van der Waals surface area contributed by atoms with E-state index >= 15 is 0 Å². The van der Waals surface area contributed by atoms with Gasteiger partial charge in [0.2, 0.25) is 0 Å². The Hall–Kier alpha value is -4.38. The Morgan fingerprint density at radius 2 is 1.56 bits per heavy atom. The second-order valence-electron chi connectivity index (χ2n) is 15.8. The Balaban J connectivity index is 0.000000276. The SMILES string of the molecule is CC(C)Cc1cncc2c1CCc1oc3ccnc(-c4[c-]c5ccccc5c(-c5ccccc5)c4)c3c1-2.CCC(C)(CC)C(=O)/C=C(\O)C(C)(CC)CC.[Ir]. The average molecular weight is 912 g/mol. The zero-order valence-electron chi connectivity index (χ0n) is 33.7. The first-order valence-corrected chi connectivity index (χ1v) is 19.8. The van der Waals surface area contributed by atoms with Crippen molar-refractivity contribution in [3.63, 3.8) is 0 Å². The molecule has 289 valence electrons. The molecule has 55 heavy (non-hydrogen) atoms. The van der Waals surface area contributed by atoms with Crippen LogP contribution in [0.2, 0.25) is 0 Å². The quantitative estimate of drug-likeness (QED) is 0.0796. The van der Waals surface area contributed by atoms with Crippen molar-refractivity contribution in [2.75, 3.05) is 0 Å². The Kier molecular flexibility index (Phi) is 13.4. The molecule has 0 saturated carbocycles. The van der Waals surface area contributed by atoms with Gasteiger partial charge in [0.05, 0.1) is 0 Å². The van der Waals surface area contributed by atoms with Crippen LogP contribution in [0.5, 0.6) is 0 Å². The van der Waals surface area contributed by atoms with Crippen LogP contribution in [0.25, 0.3) is 55.3 Å². The number of benzene rings is 3. The van der Waals surface area contributed by atoms with Gasteiger partial charge in [-0.3, -0.25) is 14.8 Å². The van der Waals surface area contributed by atoms with Gasteiger partial charge in [-0.2, -0.15) is 0 Å². The molecule has 0 amide bonds. The normalized spacial score (nSPS) is 12.9. The van der Waals surface area contributed by atoms with E-state index in [9.17, 15) is 9.90 Å². The number of aromatic nitrogens is 2. The van der Waals surface area contributed by atoms with Crippen LogP contribution in [0.1, 0.15) is 98.0 Å². The minimum atomic E-state index is -0.337. The summed E-state index contributed by atoms with van der Waals surface area (Å²) in [5.74, 6) is 1.90. The number of hydrogen-bond donors (Lipinski definition) is 1. The van der Waals surface area contributed by atoms with Crippen LogP contribution >= 0.6 is 0 Å². The maximum Gasteiger partial charge on any atom is 0.164 e. The Bertz CT molecular complexity index is 2290. The van der Waals surface area contributed by atoms with E-state index in [0.717, 1.165) is 83.9 Å². The molecule has 0 aliphatic heterocycles. The maximum absolute atomic E-state index is 12.2. The van der Waals surface area contributed by atoms with E-state index in [-0.39, 0.29) is 42.5 Å². The van der Waals surface area contributed by atoms with Crippen LogP contribution in [0.3, 0.4) is 0 Å². The molecule has 0 atom stereocenters. The van der Waals surface area contributed by atoms with Gasteiger partial charge < -0.3 is 9.52 Å². The third kappa shape index (κ3) is 8.42. The predicted molar refractivity (Wildman–Crippen MR) is 224 cm³/mol. The van der Waals surface area contributed by atoms with Crippen LogP contribution in [0.15, 0.2) is 102 Å². The number of allylic oxidation sites excluding steroid dienone is 2. The number of fused-ring (bicyclic) bond motifs is 6. The van der Waals surface area contributed by atoms with Gasteiger partial charge in [-0.25, -0.2) is 0 Å². The van der Waals surface area contributed by atoms with Crippen molar-refractivity contribution in [3.05, 3.63) is 120 Å². The molecule has 3 aromatic heterocycles. The van der Waals surface area contributed by atoms with Crippen molar-refractivity contribution in [1.82, 2.24) is 9.97 Å². The summed E-state index contributed by atoms with van der Waals surface area (Å²) >= 11 is 0. The summed E-state index contributed by atoms with van der Waals surface area (Å²) in [6.07, 6.45) is 13.6. The van der Waals surface area contributed by atoms with Gasteiger partial charge in [0, 0.05) is 84.2 Å². The Labute approximate surface area is 341 Å². The molecule has 6 heteroatoms. The fourth-order valence-electron chi connectivity index (χ4n) is 7.55. The number of pyridine rings is 2. The van der Waals surface area contributed by atoms with Gasteiger partial charge >= 0.3 is 0 Å². The number of carbonyl (C=O) groups excluding carboxylic acids is 1. The van der Waals surface area contributed by atoms with Crippen LogP contribution in [0, 0.1) is 22.8 Å². The zero-order valence-corrected chi connectivity index (χ0v) is 36.1. The number of nitrogens with zero attached hydrogens (tertiary/aromatic N) is 2. The summed E-state index contributed by atoms with van der Waals surface area (Å²) in [4.78, 5) is 21.8. The molecule has 0 unspecified atom stereocenters. The molecule has 1 N–H and O–H groups in total. The number of rotatable bonds is 11. The molecular weight excluding hydrogens is 857 g/mol. The summed E-state index contributed by atoms with van der Waals surface area (Å²) in [5.41, 5.74) is 9.62. The Morgan fingerprint density at radius 1 is 0.891 bits per heavy atom. The van der Waals surface area contributed by atoms with Gasteiger partial charge in [-0.1, -0.05) is 120 Å². The first-order valence-electron chi connectivity index (χ1n) is 19.8. The minimum Gasteiger partial charge on any atom is -0.512 e. The molecule has 1 aliphatic carbocycles. The number of hydrogen-bond acceptors (Lipinski definition) is 5. The van der Waals surface area contributed by atoms with Gasteiger partial charge in [0.1, 0.15) is 17.1 Å². The largest absolute Gasteiger partial charge is 0.512 e. The molecule has 3 heterocycles. The summed E-state index contributed by atoms with van der Waals surface area (Å²) in [7, 11) is 0. The molecule has 1 aliphatic rings. The standard InChI is InChI=1S/C34H27N2O.C15H28O2.Ir/c1-21(2)16-25-19-35-20-29-27(25)12-13-30-32(29)33-31(37-30)14-15-36-34(33)24-17-23-10-6-7-11-26(23)28(18-24)22-8-4-3-5-9-22;1-7-14(5,8-2)12(16)11-13(17)15(6,9-3)10-4;/h3-11,14-15,18-21H,12-13,16H2,1-2H3;11,16H,7-10H2,1-6H3;/q-1;;/b;12-11-;. The fourth-order valence-corrected chi connectivity index (χ4v) is 7.55. The number of furan rings is 1. The van der Waals surface area contributed by atoms with E-state index in [1.807, 2.05) is 60.0 Å². The van der Waals surface area contributed by atoms with Crippen molar-refractivity contribution in [2.45, 2.75) is 100 Å². The molecule has 6 aromatic rings. The summed E-state index contributed by atoms with van der Waals surface area (Å²) in [6.45, 7) is 16.6. The Morgan fingerprint density at radius 3 is 2.24 bits per heavy atom. The number of carbonyl (C=O) groups is 1. The predicted octanol–water partition coefficient (Wildman–Crippen LogP) is 13.1. The minimum absolute atomic E-state index is 0. The van der Waals surface area contributed by atoms with E-state index in [0.29, 0.717) is 5.92 Å². The van der Waals surface area contributed by atoms with E-state index in [4.69, 9.17) is 9.40 Å². The summed E-state index contributed by atoms with van der Waals surface area (Å²) < 4.78 is 6.45. The van der Waals surface area contributed by atoms with Crippen molar-refractivity contribution in [3.8, 4) is 33.5 Å². The van der Waals surface area contributed by atoms with Gasteiger partial charge in [0.15, 0.2) is 5.78 Å². The second kappa shape index (κ2) is 17.6. The zero-order chi connectivity index (χ0) is 38.6. The average Bonchev–Trinajstić information content (AvgIpc) is 3.60. The number of aliphatic hydroxyl groups is 1. The monoisotopic (exact) mass is 912 g/mol. The van der Waals surface area contributed by atoms with Crippen LogP contribution in [-0.2, 0) is 44.2 Å². The fraction of sp³-hybridized carbons (Fsp3) is 0.367. The van der Waals surface area contributed by atoms with Crippen LogP contribution in [-0.4, -0.2) is 20.9 Å². The molecule has 3 aromatic carbocycles. The maximum atomic E-state index is 12.2. The van der Waals surface area contributed by atoms with Crippen molar-refractivity contribution < 1.29 is 34.4 Å². The molecule has 5 nitrogen and oxygen atoms in total. The van der Waals surface area contributed by atoms with Crippen molar-refractivity contribution in [2.24, 2.45) is 16.7 Å². The summed E-state index contributed by atoms with van der Waals surface area (Å²) in [5, 5.41) is 13.5. The van der Waals surface area contributed by atoms with E-state index in [1.165, 1.54) is 39.3 Å². The van der Waals surface area contributed by atoms with Crippen molar-refractivity contribution >= 4 is 27.5 Å². The number of aliphatic hydroxyl groups excluding tert-OH is 1. The van der Waals surface area contributed by atoms with Crippen LogP contribution in [0.4, 0.5) is 0 Å². The van der Waals surface area contributed by atoms with Gasteiger partial charge in [0.25, 0.3) is 0 Å². The summed E-state index contributed by atoms with van der Waals surface area (Å²) in [6, 6.07) is 26.9. The topological polar surface area (TPSA) is 76.2 Å². The molecule has 0 saturated heterocycles. The molecule has 1 radical (unpaired) electrons. The molecule has 0 fully saturated rings. The van der Waals surface area contributed by atoms with Crippen LogP contribution < -0.4 is 0 Å². The van der Waals surface area contributed by atoms with E-state index < -0.39 is 0 Å². The van der Waals surface area contributed by atoms with E-state index in [1.54, 1.807) is 0 Å². The second-order valence-corrected chi connectivity index (χ2v) is 15.8.